The number of carbonyl (C=O) groups is 2. The van der Waals surface area contributed by atoms with E-state index in [-0.39, 0.29) is 17.7 Å². The van der Waals surface area contributed by atoms with Crippen LogP contribution in [0.15, 0.2) is 60.7 Å². The van der Waals surface area contributed by atoms with Crippen molar-refractivity contribution in [1.82, 2.24) is 5.32 Å². The number of benzene rings is 2. The second kappa shape index (κ2) is 6.03. The molecular weight excluding hydrogens is 314 g/mol. The molecule has 4 nitrogen and oxygen atoms in total. The summed E-state index contributed by atoms with van der Waals surface area (Å²) >= 11 is 0. The molecule has 2 bridgehead atoms. The van der Waals surface area contributed by atoms with E-state index in [2.05, 4.69) is 5.32 Å². The lowest BCUT2D eigenvalue weighted by Crippen LogP contribution is -2.61. The molecule has 0 heterocycles. The minimum atomic E-state index is -1.23. The molecule has 0 unspecified atom stereocenters. The standard InChI is InChI=1S/C21H21NO3/c23-19(15-9-5-2-6-10-15)22-21(20(24)25)17-12-11-16(13-17)18(21)14-7-3-1-4-8-14/h1-10,16-18H,11-13H2,(H,22,23)(H,24,25)/t16-,17+,18-,21+/m0/s1. The molecule has 4 atom stereocenters. The summed E-state index contributed by atoms with van der Waals surface area (Å²) in [5, 5.41) is 13.1. The molecule has 0 radical (unpaired) electrons. The van der Waals surface area contributed by atoms with E-state index < -0.39 is 11.5 Å². The van der Waals surface area contributed by atoms with Gasteiger partial charge in [0.1, 0.15) is 5.54 Å². The number of carboxylic acids is 1. The van der Waals surface area contributed by atoms with E-state index in [0.29, 0.717) is 11.5 Å². The Kier molecular flexibility index (Phi) is 3.83. The number of carbonyl (C=O) groups excluding carboxylic acids is 1. The summed E-state index contributed by atoms with van der Waals surface area (Å²) in [5.41, 5.74) is 0.278. The zero-order valence-electron chi connectivity index (χ0n) is 13.9. The van der Waals surface area contributed by atoms with Gasteiger partial charge >= 0.3 is 5.97 Å². The van der Waals surface area contributed by atoms with Crippen molar-refractivity contribution in [3.05, 3.63) is 71.8 Å². The van der Waals surface area contributed by atoms with Crippen LogP contribution in [0.5, 0.6) is 0 Å². The molecule has 2 aromatic rings. The third-order valence-electron chi connectivity index (χ3n) is 5.95. The van der Waals surface area contributed by atoms with Gasteiger partial charge in [0.05, 0.1) is 0 Å². The average Bonchev–Trinajstić information content (AvgIpc) is 3.23. The van der Waals surface area contributed by atoms with Gasteiger partial charge in [-0.25, -0.2) is 4.79 Å². The lowest BCUT2D eigenvalue weighted by Gasteiger charge is -2.41. The fraction of sp³-hybridized carbons (Fsp3) is 0.333. The van der Waals surface area contributed by atoms with E-state index in [9.17, 15) is 14.7 Å². The highest BCUT2D eigenvalue weighted by Gasteiger charge is 2.63. The van der Waals surface area contributed by atoms with Gasteiger partial charge in [-0.05, 0) is 48.8 Å². The quantitative estimate of drug-likeness (QED) is 0.899. The number of amides is 1. The number of nitrogens with one attached hydrogen (secondary N) is 1. The second-order valence-corrected chi connectivity index (χ2v) is 7.15. The van der Waals surface area contributed by atoms with Gasteiger partial charge in [-0.3, -0.25) is 4.79 Å². The van der Waals surface area contributed by atoms with Gasteiger partial charge in [-0.15, -0.1) is 0 Å². The Morgan fingerprint density at radius 2 is 1.60 bits per heavy atom. The van der Waals surface area contributed by atoms with Gasteiger partial charge < -0.3 is 10.4 Å². The molecule has 2 N–H and O–H groups in total. The molecule has 128 valence electrons. The van der Waals surface area contributed by atoms with Crippen LogP contribution in [0.3, 0.4) is 0 Å². The van der Waals surface area contributed by atoms with Crippen LogP contribution in [0.2, 0.25) is 0 Å². The minimum absolute atomic E-state index is 0.0205. The molecule has 4 rings (SSSR count). The molecular formula is C21H21NO3. The van der Waals surface area contributed by atoms with E-state index >= 15 is 0 Å². The largest absolute Gasteiger partial charge is 0.479 e. The van der Waals surface area contributed by atoms with E-state index in [4.69, 9.17) is 0 Å². The highest BCUT2D eigenvalue weighted by atomic mass is 16.4. The van der Waals surface area contributed by atoms with Crippen molar-refractivity contribution in [3.8, 4) is 0 Å². The van der Waals surface area contributed by atoms with Crippen LogP contribution in [0.25, 0.3) is 0 Å². The summed E-state index contributed by atoms with van der Waals surface area (Å²) in [4.78, 5) is 25.2. The van der Waals surface area contributed by atoms with E-state index in [1.165, 1.54) is 0 Å². The van der Waals surface area contributed by atoms with Gasteiger partial charge in [0.25, 0.3) is 5.91 Å². The van der Waals surface area contributed by atoms with Crippen molar-refractivity contribution in [3.63, 3.8) is 0 Å². The first kappa shape index (κ1) is 15.9. The molecule has 1 amide bonds. The molecule has 0 aliphatic heterocycles. The van der Waals surface area contributed by atoms with Crippen LogP contribution in [0, 0.1) is 11.8 Å². The van der Waals surface area contributed by atoms with Crippen molar-refractivity contribution in [2.24, 2.45) is 11.8 Å². The maximum atomic E-state index is 12.8. The maximum Gasteiger partial charge on any atom is 0.330 e. The predicted octanol–water partition coefficient (Wildman–Crippen LogP) is 3.45. The van der Waals surface area contributed by atoms with Gasteiger partial charge in [-0.1, -0.05) is 48.5 Å². The van der Waals surface area contributed by atoms with Gasteiger partial charge in [0.2, 0.25) is 0 Å². The normalized spacial score (nSPS) is 30.2. The molecule has 2 fully saturated rings. The van der Waals surface area contributed by atoms with Crippen LogP contribution in [0.4, 0.5) is 0 Å². The number of aliphatic carboxylic acids is 1. The Bertz CT molecular complexity index is 789. The first-order valence-electron chi connectivity index (χ1n) is 8.79. The summed E-state index contributed by atoms with van der Waals surface area (Å²) < 4.78 is 0. The van der Waals surface area contributed by atoms with Crippen molar-refractivity contribution < 1.29 is 14.7 Å². The fourth-order valence-corrected chi connectivity index (χ4v) is 4.94. The van der Waals surface area contributed by atoms with Gasteiger partial charge in [0, 0.05) is 11.5 Å². The Morgan fingerprint density at radius 1 is 0.960 bits per heavy atom. The van der Waals surface area contributed by atoms with Crippen LogP contribution < -0.4 is 5.32 Å². The van der Waals surface area contributed by atoms with Crippen molar-refractivity contribution >= 4 is 11.9 Å². The molecule has 4 heteroatoms. The van der Waals surface area contributed by atoms with Crippen molar-refractivity contribution in [1.29, 1.82) is 0 Å². The first-order valence-corrected chi connectivity index (χ1v) is 8.79. The molecule has 2 aromatic carbocycles. The third kappa shape index (κ3) is 2.44. The van der Waals surface area contributed by atoms with E-state index in [0.717, 1.165) is 24.8 Å². The molecule has 2 aliphatic rings. The first-order chi connectivity index (χ1) is 12.1. The Morgan fingerprint density at radius 3 is 2.24 bits per heavy atom. The zero-order valence-corrected chi connectivity index (χ0v) is 13.9. The van der Waals surface area contributed by atoms with Crippen LogP contribution >= 0.6 is 0 Å². The monoisotopic (exact) mass is 335 g/mol. The highest BCUT2D eigenvalue weighted by Crippen LogP contribution is 2.59. The summed E-state index contributed by atoms with van der Waals surface area (Å²) in [6.45, 7) is 0. The van der Waals surface area contributed by atoms with Crippen LogP contribution in [0.1, 0.15) is 41.1 Å². The number of hydrogen-bond acceptors (Lipinski definition) is 2. The van der Waals surface area contributed by atoms with E-state index in [1.54, 1.807) is 24.3 Å². The number of fused-ring (bicyclic) bond motifs is 2. The third-order valence-corrected chi connectivity index (χ3v) is 5.95. The summed E-state index contributed by atoms with van der Waals surface area (Å²) in [5.74, 6) is -1.13. The number of hydrogen-bond donors (Lipinski definition) is 2. The van der Waals surface area contributed by atoms with Gasteiger partial charge in [-0.2, -0.15) is 0 Å². The predicted molar refractivity (Wildman–Crippen MR) is 94.3 cm³/mol. The van der Waals surface area contributed by atoms with Crippen molar-refractivity contribution in [2.75, 3.05) is 0 Å². The smallest absolute Gasteiger partial charge is 0.330 e. The molecule has 2 aliphatic carbocycles. The molecule has 0 saturated heterocycles. The van der Waals surface area contributed by atoms with Crippen LogP contribution in [-0.4, -0.2) is 22.5 Å². The van der Waals surface area contributed by atoms with E-state index in [1.807, 2.05) is 36.4 Å². The second-order valence-electron chi connectivity index (χ2n) is 7.15. The summed E-state index contributed by atoms with van der Waals surface area (Å²) in [7, 11) is 0. The van der Waals surface area contributed by atoms with Gasteiger partial charge in [0.15, 0.2) is 0 Å². The molecule has 0 aromatic heterocycles. The number of carboxylic acid groups (broad SMARTS) is 1. The lowest BCUT2D eigenvalue weighted by atomic mass is 9.69. The Hall–Kier alpha value is -2.62. The minimum Gasteiger partial charge on any atom is -0.479 e. The maximum absolute atomic E-state index is 12.8. The highest BCUT2D eigenvalue weighted by molar-refractivity contribution is 5.98. The lowest BCUT2D eigenvalue weighted by molar-refractivity contribution is -0.147. The Balaban J connectivity index is 1.75. The summed E-state index contributed by atoms with van der Waals surface area (Å²) in [6, 6.07) is 18.6. The fourth-order valence-electron chi connectivity index (χ4n) is 4.94. The summed E-state index contributed by atoms with van der Waals surface area (Å²) in [6.07, 6.45) is 2.75. The topological polar surface area (TPSA) is 66.4 Å². The van der Waals surface area contributed by atoms with Crippen molar-refractivity contribution in [2.45, 2.75) is 30.7 Å². The average molecular weight is 335 g/mol. The number of rotatable bonds is 4. The Labute approximate surface area is 146 Å². The molecule has 25 heavy (non-hydrogen) atoms. The molecule has 2 saturated carbocycles. The van der Waals surface area contributed by atoms with Crippen LogP contribution in [-0.2, 0) is 4.79 Å². The zero-order chi connectivity index (χ0) is 17.4. The SMILES string of the molecule is O=C(N[C@]1(C(=O)O)[C@@H]2CC[C@@H](C2)[C@@H]1c1ccccc1)c1ccccc1. The molecule has 0 spiro atoms.